The van der Waals surface area contributed by atoms with E-state index in [4.69, 9.17) is 4.74 Å². The monoisotopic (exact) mass is 327 g/mol. The number of alkyl halides is 3. The summed E-state index contributed by atoms with van der Waals surface area (Å²) < 4.78 is 43.0. The van der Waals surface area contributed by atoms with Crippen LogP contribution < -0.4 is 5.32 Å². The van der Waals surface area contributed by atoms with Gasteiger partial charge in [0.1, 0.15) is 6.10 Å². The lowest BCUT2D eigenvalue weighted by Gasteiger charge is -2.50. The van der Waals surface area contributed by atoms with Gasteiger partial charge < -0.3 is 4.74 Å². The van der Waals surface area contributed by atoms with E-state index in [9.17, 15) is 18.0 Å². The predicted molar refractivity (Wildman–Crippen MR) is 80.1 cm³/mol. The van der Waals surface area contributed by atoms with Gasteiger partial charge in [-0.3, -0.25) is 5.32 Å². The van der Waals surface area contributed by atoms with Crippen molar-refractivity contribution in [2.45, 2.75) is 57.2 Å². The second-order valence-electron chi connectivity index (χ2n) is 6.56. The summed E-state index contributed by atoms with van der Waals surface area (Å²) in [5.41, 5.74) is -0.285. The van der Waals surface area contributed by atoms with E-state index in [-0.39, 0.29) is 11.5 Å². The van der Waals surface area contributed by atoms with Crippen molar-refractivity contribution in [1.29, 1.82) is 0 Å². The van der Waals surface area contributed by atoms with E-state index < -0.39 is 17.8 Å². The SMILES string of the molecule is O=C(Nc1ccc(C(F)(F)F)cc1)O[C@H]1CCC12CCCCC2. The van der Waals surface area contributed by atoms with Gasteiger partial charge in [0.25, 0.3) is 0 Å². The smallest absolute Gasteiger partial charge is 0.416 e. The summed E-state index contributed by atoms with van der Waals surface area (Å²) in [6, 6.07) is 4.37. The minimum absolute atomic E-state index is 0.0581. The van der Waals surface area contributed by atoms with Crippen LogP contribution in [0.5, 0.6) is 0 Å². The molecular weight excluding hydrogens is 307 g/mol. The number of nitrogens with one attached hydrogen (secondary N) is 1. The summed E-state index contributed by atoms with van der Waals surface area (Å²) in [7, 11) is 0. The molecule has 0 bridgehead atoms. The van der Waals surface area contributed by atoms with Crippen molar-refractivity contribution < 1.29 is 22.7 Å². The summed E-state index contributed by atoms with van der Waals surface area (Å²) in [6.07, 6.45) is 2.77. The second kappa shape index (κ2) is 6.06. The fraction of sp³-hybridized carbons (Fsp3) is 0.588. The van der Waals surface area contributed by atoms with Crippen molar-refractivity contribution in [2.75, 3.05) is 5.32 Å². The molecule has 6 heteroatoms. The Morgan fingerprint density at radius 1 is 1.09 bits per heavy atom. The van der Waals surface area contributed by atoms with Crippen molar-refractivity contribution in [2.24, 2.45) is 5.41 Å². The molecule has 1 aromatic carbocycles. The lowest BCUT2D eigenvalue weighted by atomic mass is 9.58. The molecular formula is C17H20F3NO2. The molecule has 0 aliphatic heterocycles. The van der Waals surface area contributed by atoms with Crippen LogP contribution in [0.2, 0.25) is 0 Å². The largest absolute Gasteiger partial charge is 0.445 e. The van der Waals surface area contributed by atoms with E-state index in [1.807, 2.05) is 0 Å². The number of rotatable bonds is 2. The zero-order chi connectivity index (χ0) is 16.5. The lowest BCUT2D eigenvalue weighted by Crippen LogP contribution is -2.49. The molecule has 3 rings (SSSR count). The van der Waals surface area contributed by atoms with Crippen LogP contribution in [-0.4, -0.2) is 12.2 Å². The van der Waals surface area contributed by atoms with Crippen LogP contribution >= 0.6 is 0 Å². The number of ether oxygens (including phenoxy) is 1. The van der Waals surface area contributed by atoms with E-state index >= 15 is 0 Å². The molecule has 1 spiro atoms. The molecule has 1 amide bonds. The van der Waals surface area contributed by atoms with Crippen molar-refractivity contribution in [3.05, 3.63) is 29.8 Å². The molecule has 3 nitrogen and oxygen atoms in total. The van der Waals surface area contributed by atoms with Gasteiger partial charge in [0.2, 0.25) is 0 Å². The van der Waals surface area contributed by atoms with Crippen LogP contribution in [-0.2, 0) is 10.9 Å². The van der Waals surface area contributed by atoms with Gasteiger partial charge in [0, 0.05) is 11.1 Å². The Morgan fingerprint density at radius 2 is 1.74 bits per heavy atom. The third kappa shape index (κ3) is 3.46. The fourth-order valence-electron chi connectivity index (χ4n) is 3.70. The first-order chi connectivity index (χ1) is 10.9. The zero-order valence-corrected chi connectivity index (χ0v) is 12.8. The molecule has 1 N–H and O–H groups in total. The van der Waals surface area contributed by atoms with Crippen LogP contribution in [0, 0.1) is 5.41 Å². The molecule has 2 fully saturated rings. The number of carbonyl (C=O) groups excluding carboxylic acids is 1. The molecule has 0 heterocycles. The molecule has 0 saturated heterocycles. The first-order valence-corrected chi connectivity index (χ1v) is 8.04. The third-order valence-corrected chi connectivity index (χ3v) is 5.14. The maximum absolute atomic E-state index is 12.5. The van der Waals surface area contributed by atoms with E-state index in [1.54, 1.807) is 0 Å². The van der Waals surface area contributed by atoms with Gasteiger partial charge in [-0.1, -0.05) is 19.3 Å². The molecule has 126 valence electrons. The molecule has 2 aliphatic rings. The summed E-state index contributed by atoms with van der Waals surface area (Å²) in [6.45, 7) is 0. The van der Waals surface area contributed by atoms with E-state index in [2.05, 4.69) is 5.32 Å². The highest BCUT2D eigenvalue weighted by Gasteiger charge is 2.49. The second-order valence-corrected chi connectivity index (χ2v) is 6.56. The molecule has 2 aliphatic carbocycles. The van der Waals surface area contributed by atoms with E-state index in [1.165, 1.54) is 31.4 Å². The number of hydrogen-bond donors (Lipinski definition) is 1. The minimum Gasteiger partial charge on any atom is -0.445 e. The number of anilines is 1. The van der Waals surface area contributed by atoms with Gasteiger partial charge in [-0.25, -0.2) is 4.79 Å². The highest BCUT2D eigenvalue weighted by Crippen LogP contribution is 2.53. The van der Waals surface area contributed by atoms with Crippen LogP contribution in [0.3, 0.4) is 0 Å². The maximum atomic E-state index is 12.5. The molecule has 1 atom stereocenters. The summed E-state index contributed by atoms with van der Waals surface area (Å²) >= 11 is 0. The van der Waals surface area contributed by atoms with E-state index in [0.29, 0.717) is 5.69 Å². The Labute approximate surface area is 133 Å². The average molecular weight is 327 g/mol. The Bertz CT molecular complexity index is 562. The van der Waals surface area contributed by atoms with Crippen LogP contribution in [0.15, 0.2) is 24.3 Å². The Morgan fingerprint density at radius 3 is 2.26 bits per heavy atom. The highest BCUT2D eigenvalue weighted by atomic mass is 19.4. The van der Waals surface area contributed by atoms with Gasteiger partial charge in [-0.15, -0.1) is 0 Å². The molecule has 2 saturated carbocycles. The van der Waals surface area contributed by atoms with Gasteiger partial charge in [0.15, 0.2) is 0 Å². The molecule has 0 unspecified atom stereocenters. The van der Waals surface area contributed by atoms with Gasteiger partial charge in [-0.2, -0.15) is 13.2 Å². The number of hydrogen-bond acceptors (Lipinski definition) is 2. The lowest BCUT2D eigenvalue weighted by molar-refractivity contribution is -0.137. The number of amides is 1. The van der Waals surface area contributed by atoms with Crippen LogP contribution in [0.25, 0.3) is 0 Å². The van der Waals surface area contributed by atoms with Gasteiger partial charge in [0.05, 0.1) is 5.56 Å². The summed E-state index contributed by atoms with van der Waals surface area (Å²) in [4.78, 5) is 12.0. The van der Waals surface area contributed by atoms with Crippen molar-refractivity contribution in [1.82, 2.24) is 0 Å². The Balaban J connectivity index is 1.55. The zero-order valence-electron chi connectivity index (χ0n) is 12.8. The summed E-state index contributed by atoms with van der Waals surface area (Å²) in [5, 5.41) is 2.51. The Hall–Kier alpha value is -1.72. The number of carbonyl (C=O) groups is 1. The molecule has 23 heavy (non-hydrogen) atoms. The Kier molecular flexibility index (Phi) is 4.25. The summed E-state index contributed by atoms with van der Waals surface area (Å²) in [5.74, 6) is 0. The first kappa shape index (κ1) is 16.1. The van der Waals surface area contributed by atoms with Crippen LogP contribution in [0.4, 0.5) is 23.7 Å². The number of benzene rings is 1. The topological polar surface area (TPSA) is 38.3 Å². The quantitative estimate of drug-likeness (QED) is 0.793. The minimum atomic E-state index is -4.38. The maximum Gasteiger partial charge on any atom is 0.416 e. The average Bonchev–Trinajstić information content (AvgIpc) is 2.52. The first-order valence-electron chi connectivity index (χ1n) is 8.04. The van der Waals surface area contributed by atoms with Gasteiger partial charge >= 0.3 is 12.3 Å². The van der Waals surface area contributed by atoms with Gasteiger partial charge in [-0.05, 0) is 49.9 Å². The number of halogens is 3. The predicted octanol–water partition coefficient (Wildman–Crippen LogP) is 5.37. The van der Waals surface area contributed by atoms with E-state index in [0.717, 1.165) is 37.8 Å². The van der Waals surface area contributed by atoms with Crippen molar-refractivity contribution in [3.63, 3.8) is 0 Å². The molecule has 1 aromatic rings. The van der Waals surface area contributed by atoms with Crippen molar-refractivity contribution >= 4 is 11.8 Å². The van der Waals surface area contributed by atoms with Crippen LogP contribution in [0.1, 0.15) is 50.5 Å². The normalized spacial score (nSPS) is 23.2. The fourth-order valence-corrected chi connectivity index (χ4v) is 3.70. The molecule has 0 radical (unpaired) electrons. The third-order valence-electron chi connectivity index (χ3n) is 5.14. The highest BCUT2D eigenvalue weighted by molar-refractivity contribution is 5.84. The van der Waals surface area contributed by atoms with Crippen molar-refractivity contribution in [3.8, 4) is 0 Å². The standard InChI is InChI=1S/C17H20F3NO2/c18-17(19,20)12-4-6-13(7-5-12)21-15(22)23-14-8-11-16(14)9-2-1-3-10-16/h4-7,14H,1-3,8-11H2,(H,21,22)/t14-/m0/s1. The molecule has 0 aromatic heterocycles.